The number of para-hydroxylation sites is 5. The van der Waals surface area contributed by atoms with Gasteiger partial charge in [-0.2, -0.15) is 0 Å². The molecule has 3 heterocycles. The minimum atomic E-state index is -2.30. The van der Waals surface area contributed by atoms with Crippen molar-refractivity contribution < 1.29 is 65.0 Å². The highest BCUT2D eigenvalue weighted by molar-refractivity contribution is 7.43. The van der Waals surface area contributed by atoms with Crippen molar-refractivity contribution >= 4 is 17.2 Å². The second kappa shape index (κ2) is 25.8. The Labute approximate surface area is 437 Å². The molecule has 0 aliphatic carbocycles. The van der Waals surface area contributed by atoms with E-state index in [1.54, 1.807) is 7.11 Å². The van der Waals surface area contributed by atoms with E-state index < -0.39 is 36.1 Å². The van der Waals surface area contributed by atoms with E-state index in [9.17, 15) is 0 Å². The number of hydrogen-bond donors (Lipinski definition) is 0. The lowest BCUT2D eigenvalue weighted by Gasteiger charge is -2.29. The molecule has 9 rings (SSSR count). The molecule has 0 amide bonds. The topological polar surface area (TPSA) is 129 Å². The Morgan fingerprint density at radius 1 is 0.405 bits per heavy atom. The SMILES string of the molecule is COCCCOc1ccccc1OP(Oc1ccccc1C1OCCCO1)Oc1c(C)cc(C)c(C)c1-c1c(C)c(C)cc(C)c1OP(Oc1ccccc1C1OCCCO1)Oc1ccccc1C1OCCCO1. The summed E-state index contributed by atoms with van der Waals surface area (Å²) in [6.45, 7) is 16.8. The lowest BCUT2D eigenvalue weighted by Crippen LogP contribution is -2.19. The summed E-state index contributed by atoms with van der Waals surface area (Å²) in [5, 5.41) is 0. The van der Waals surface area contributed by atoms with Gasteiger partial charge in [0.2, 0.25) is 0 Å². The fraction of sp³-hybridized carbons (Fsp3) is 0.379. The lowest BCUT2D eigenvalue weighted by atomic mass is 9.87. The van der Waals surface area contributed by atoms with Crippen molar-refractivity contribution in [3.8, 4) is 51.4 Å². The summed E-state index contributed by atoms with van der Waals surface area (Å²) in [5.74, 6) is 3.55. The molecule has 0 N–H and O–H groups in total. The molecule has 0 spiro atoms. The number of rotatable bonds is 21. The molecule has 0 bridgehead atoms. The van der Waals surface area contributed by atoms with Gasteiger partial charge in [0.1, 0.15) is 28.7 Å². The fourth-order valence-corrected chi connectivity index (χ4v) is 11.1. The van der Waals surface area contributed by atoms with Crippen LogP contribution in [0, 0.1) is 41.5 Å². The second-order valence-electron chi connectivity index (χ2n) is 18.2. The molecule has 6 aromatic rings. The molecule has 1 atom stereocenters. The van der Waals surface area contributed by atoms with Gasteiger partial charge in [-0.05, 0) is 125 Å². The second-order valence-corrected chi connectivity index (χ2v) is 20.2. The van der Waals surface area contributed by atoms with Crippen LogP contribution in [0.2, 0.25) is 0 Å². The minimum absolute atomic E-state index is 0.416. The van der Waals surface area contributed by atoms with Gasteiger partial charge >= 0.3 is 17.2 Å². The van der Waals surface area contributed by atoms with Gasteiger partial charge in [-0.15, -0.1) is 0 Å². The molecule has 74 heavy (non-hydrogen) atoms. The Morgan fingerprint density at radius 3 is 1.12 bits per heavy atom. The molecule has 0 aromatic heterocycles. The molecule has 0 saturated carbocycles. The zero-order valence-corrected chi connectivity index (χ0v) is 45.0. The van der Waals surface area contributed by atoms with Crippen LogP contribution in [0.5, 0.6) is 40.2 Å². The summed E-state index contributed by atoms with van der Waals surface area (Å²) in [5.41, 5.74) is 9.46. The van der Waals surface area contributed by atoms with Crippen LogP contribution >= 0.6 is 17.2 Å². The maximum absolute atomic E-state index is 7.29. The molecule has 3 saturated heterocycles. The van der Waals surface area contributed by atoms with Crippen LogP contribution in [-0.4, -0.2) is 60.0 Å². The van der Waals surface area contributed by atoms with E-state index in [0.29, 0.717) is 105 Å². The van der Waals surface area contributed by atoms with E-state index in [-0.39, 0.29) is 0 Å². The van der Waals surface area contributed by atoms with Crippen molar-refractivity contribution in [2.24, 2.45) is 0 Å². The molecule has 3 aliphatic rings. The van der Waals surface area contributed by atoms with E-state index in [2.05, 4.69) is 39.8 Å². The van der Waals surface area contributed by atoms with Crippen LogP contribution in [0.15, 0.2) is 109 Å². The predicted octanol–water partition coefficient (Wildman–Crippen LogP) is 14.5. The summed E-state index contributed by atoms with van der Waals surface area (Å²) in [6.07, 6.45) is 1.19. The van der Waals surface area contributed by atoms with Gasteiger partial charge in [-0.1, -0.05) is 78.9 Å². The molecule has 392 valence electrons. The van der Waals surface area contributed by atoms with Crippen molar-refractivity contribution in [3.05, 3.63) is 159 Å². The number of aryl methyl sites for hydroxylation is 4. The molecular formula is C58H66O14P2. The van der Waals surface area contributed by atoms with Gasteiger partial charge < -0.3 is 65.0 Å². The first-order valence-electron chi connectivity index (χ1n) is 25.2. The largest absolute Gasteiger partial charge is 0.530 e. The first kappa shape index (κ1) is 53.3. The Kier molecular flexibility index (Phi) is 18.6. The van der Waals surface area contributed by atoms with Crippen LogP contribution in [0.1, 0.15) is 94.6 Å². The maximum Gasteiger partial charge on any atom is 0.530 e. The third kappa shape index (κ3) is 12.9. The third-order valence-corrected chi connectivity index (χ3v) is 14.9. The number of methoxy groups -OCH3 is 1. The Morgan fingerprint density at radius 2 is 0.743 bits per heavy atom. The normalized spacial score (nSPS) is 16.2. The highest BCUT2D eigenvalue weighted by atomic mass is 31.2. The molecule has 6 aromatic carbocycles. The van der Waals surface area contributed by atoms with Gasteiger partial charge in [0, 0.05) is 31.3 Å². The van der Waals surface area contributed by atoms with Crippen molar-refractivity contribution in [2.45, 2.75) is 86.1 Å². The molecule has 1 unspecified atom stereocenters. The third-order valence-electron chi connectivity index (χ3n) is 12.8. The summed E-state index contributed by atoms with van der Waals surface area (Å²) >= 11 is 0. The summed E-state index contributed by atoms with van der Waals surface area (Å²) in [6, 6.07) is 34.7. The molecular weight excluding hydrogens is 983 g/mol. The van der Waals surface area contributed by atoms with Crippen LogP contribution < -0.4 is 31.9 Å². The van der Waals surface area contributed by atoms with Gasteiger partial charge in [-0.3, -0.25) is 0 Å². The van der Waals surface area contributed by atoms with Gasteiger partial charge in [0.05, 0.1) is 62.9 Å². The predicted molar refractivity (Wildman–Crippen MR) is 283 cm³/mol. The molecule has 14 nitrogen and oxygen atoms in total. The number of ether oxygens (including phenoxy) is 8. The number of benzene rings is 6. The summed E-state index contributed by atoms with van der Waals surface area (Å²) < 4.78 is 90.4. The zero-order valence-electron chi connectivity index (χ0n) is 43.2. The molecule has 3 aliphatic heterocycles. The van der Waals surface area contributed by atoms with Crippen LogP contribution in [0.3, 0.4) is 0 Å². The minimum Gasteiger partial charge on any atom is -0.490 e. The van der Waals surface area contributed by atoms with Gasteiger partial charge in [0.25, 0.3) is 0 Å². The highest BCUT2D eigenvalue weighted by Crippen LogP contribution is 2.56. The molecule has 3 fully saturated rings. The first-order valence-corrected chi connectivity index (χ1v) is 27.4. The molecule has 16 heteroatoms. The van der Waals surface area contributed by atoms with Crippen molar-refractivity contribution in [2.75, 3.05) is 60.0 Å². The van der Waals surface area contributed by atoms with E-state index in [1.807, 2.05) is 111 Å². The van der Waals surface area contributed by atoms with Gasteiger partial charge in [-0.25, -0.2) is 0 Å². The highest BCUT2D eigenvalue weighted by Gasteiger charge is 2.34. The lowest BCUT2D eigenvalue weighted by molar-refractivity contribution is -0.183. The van der Waals surface area contributed by atoms with Crippen molar-refractivity contribution in [1.29, 1.82) is 0 Å². The van der Waals surface area contributed by atoms with Crippen molar-refractivity contribution in [1.82, 2.24) is 0 Å². The average Bonchev–Trinajstić information content (AvgIpc) is 3.43. The monoisotopic (exact) mass is 1050 g/mol. The first-order chi connectivity index (χ1) is 36.2. The standard InChI is InChI=1S/C58H66O14P2/c1-38-36-40(3)54(71-73(67-47-23-11-8-20-44(47)56-61-30-17-31-62-56)68-48-24-12-9-21-45(48)57-63-32-18-33-64-57)52(42(38)5)53-43(6)39(2)37-41(4)55(53)72-74(70-51-27-15-14-26-50(51)60-29-16-28-59-7)69-49-25-13-10-22-46(49)58-65-34-19-35-66-58/h8-15,20-27,36-37,56-58H,16-19,28-35H2,1-7H3. The Hall–Kier alpha value is -5.50. The zero-order chi connectivity index (χ0) is 51.4. The van der Waals surface area contributed by atoms with Gasteiger partial charge in [0.15, 0.2) is 30.4 Å². The Bertz CT molecular complexity index is 2740. The van der Waals surface area contributed by atoms with E-state index in [4.69, 9.17) is 65.0 Å². The van der Waals surface area contributed by atoms with E-state index in [1.165, 1.54) is 0 Å². The fourth-order valence-electron chi connectivity index (χ4n) is 8.85. The maximum atomic E-state index is 7.29. The van der Waals surface area contributed by atoms with E-state index in [0.717, 1.165) is 74.9 Å². The number of hydrogen-bond acceptors (Lipinski definition) is 14. The average molecular weight is 1050 g/mol. The van der Waals surface area contributed by atoms with Crippen LogP contribution in [0.4, 0.5) is 0 Å². The van der Waals surface area contributed by atoms with Crippen LogP contribution in [-0.2, 0) is 33.2 Å². The summed E-state index contributed by atoms with van der Waals surface area (Å²) in [4.78, 5) is 0. The van der Waals surface area contributed by atoms with E-state index >= 15 is 0 Å². The van der Waals surface area contributed by atoms with Crippen molar-refractivity contribution in [3.63, 3.8) is 0 Å². The van der Waals surface area contributed by atoms with Crippen LogP contribution in [0.25, 0.3) is 11.1 Å². The smallest absolute Gasteiger partial charge is 0.490 e. The quantitative estimate of drug-likeness (QED) is 0.0501. The summed E-state index contributed by atoms with van der Waals surface area (Å²) in [7, 11) is -2.93. The molecule has 0 radical (unpaired) electrons. The Balaban J connectivity index is 1.15.